The maximum atomic E-state index is 15.0. The molecule has 310 valence electrons. The lowest BCUT2D eigenvalue weighted by Crippen LogP contribution is -2.60. The van der Waals surface area contributed by atoms with E-state index < -0.39 is 74.2 Å². The van der Waals surface area contributed by atoms with Gasteiger partial charge in [-0.1, -0.05) is 32.4 Å². The molecule has 0 bridgehead atoms. The molecule has 0 unspecified atom stereocenters. The minimum atomic E-state index is -3.90. The maximum Gasteiger partial charge on any atom is 0.315 e. The summed E-state index contributed by atoms with van der Waals surface area (Å²) < 4.78 is 40.8. The molecule has 3 fully saturated rings. The highest BCUT2D eigenvalue weighted by molar-refractivity contribution is 7.91. The van der Waals surface area contributed by atoms with Gasteiger partial charge in [0.05, 0.1) is 24.0 Å². The van der Waals surface area contributed by atoms with Crippen LogP contribution in [-0.4, -0.2) is 103 Å². The van der Waals surface area contributed by atoms with Crippen LogP contribution in [-0.2, 0) is 24.4 Å². The molecular weight excluding hydrogens is 751 g/mol. The number of benzene rings is 1. The zero-order valence-electron chi connectivity index (χ0n) is 33.8. The average Bonchev–Trinajstić information content (AvgIpc) is 4.07. The number of urea groups is 1. The molecule has 5 amide bonds. The smallest absolute Gasteiger partial charge is 0.315 e. The molecule has 2 aliphatic carbocycles. The van der Waals surface area contributed by atoms with Crippen molar-refractivity contribution in [2.24, 2.45) is 17.8 Å². The van der Waals surface area contributed by atoms with E-state index in [2.05, 4.69) is 37.5 Å². The quantitative estimate of drug-likeness (QED) is 0.300. The molecule has 1 aromatic carbocycles. The molecule has 2 aromatic rings. The summed E-state index contributed by atoms with van der Waals surface area (Å²) in [7, 11) is -1.89. The third kappa shape index (κ3) is 8.65. The van der Waals surface area contributed by atoms with E-state index in [1.807, 2.05) is 65.1 Å². The lowest BCUT2D eigenvalue weighted by atomic mass is 9.85. The zero-order valence-corrected chi connectivity index (χ0v) is 34.6. The van der Waals surface area contributed by atoms with Crippen LogP contribution >= 0.6 is 0 Å². The van der Waals surface area contributed by atoms with Crippen LogP contribution in [0.5, 0.6) is 11.6 Å². The first-order chi connectivity index (χ1) is 27.0. The van der Waals surface area contributed by atoms with E-state index in [0.29, 0.717) is 50.0 Å². The summed E-state index contributed by atoms with van der Waals surface area (Å²) in [5.41, 5.74) is -1.13. The number of nitrogens with zero attached hydrogens (tertiary/aromatic N) is 3. The molecule has 2 saturated carbocycles. The zero-order chi connectivity index (χ0) is 40.9. The highest BCUT2D eigenvalue weighted by Gasteiger charge is 2.62. The van der Waals surface area contributed by atoms with Gasteiger partial charge in [-0.3, -0.25) is 19.1 Å². The molecule has 0 radical (unpaired) electrons. The Morgan fingerprint density at radius 3 is 2.60 bits per heavy atom. The van der Waals surface area contributed by atoms with Crippen molar-refractivity contribution in [1.82, 2.24) is 30.6 Å². The Balaban J connectivity index is 1.24. The van der Waals surface area contributed by atoms with Gasteiger partial charge < -0.3 is 35.2 Å². The standard InChI is InChI=1S/C41H57N7O8S/c1-7-25-20-24(2)10-8-9-11-26-22-41(26,38(51)46-57(53,54)28-12-13-28)44-35(49)32-21-27(23-48(32)37(50)33(25)43-39(52)45-40(3,4)5)56-36-30-14-15-31-34(29(30)16-17-42-36)55-19-18-47(31)6/h9,11,14-17,24-28,32-33H,7-8,10,12-13,18-23H2,1-6H3,(H,44,49)(H,46,51)(H2,43,45,52)/b11-9-/t24-,25+,26+,27+,32-,33-,41+/m0/s1. The number of nitrogens with one attached hydrogen (secondary N) is 4. The van der Waals surface area contributed by atoms with Gasteiger partial charge in [0.2, 0.25) is 27.7 Å². The predicted octanol–water partition coefficient (Wildman–Crippen LogP) is 3.76. The highest BCUT2D eigenvalue weighted by Crippen LogP contribution is 2.46. The Morgan fingerprint density at radius 2 is 1.88 bits per heavy atom. The fraction of sp³-hybridized carbons (Fsp3) is 0.634. The van der Waals surface area contributed by atoms with Crippen molar-refractivity contribution < 1.29 is 37.1 Å². The van der Waals surface area contributed by atoms with E-state index in [-0.39, 0.29) is 31.2 Å². The maximum absolute atomic E-state index is 15.0. The molecular formula is C41H57N7O8S. The largest absolute Gasteiger partial charge is 0.489 e. The fourth-order valence-corrected chi connectivity index (χ4v) is 9.90. The number of sulfonamides is 1. The van der Waals surface area contributed by atoms with Gasteiger partial charge in [-0.2, -0.15) is 0 Å². The second kappa shape index (κ2) is 15.6. The van der Waals surface area contributed by atoms with Crippen LogP contribution in [0.15, 0.2) is 36.5 Å². The number of likely N-dealkylation sites (N-methyl/N-ethyl adjacent to an activating group) is 1. The summed E-state index contributed by atoms with van der Waals surface area (Å²) in [6.45, 7) is 11.0. The number of ether oxygens (including phenoxy) is 2. The van der Waals surface area contributed by atoms with Gasteiger partial charge in [0.25, 0.3) is 5.91 Å². The van der Waals surface area contributed by atoms with Crippen LogP contribution in [0, 0.1) is 17.8 Å². The van der Waals surface area contributed by atoms with Gasteiger partial charge in [-0.05, 0) is 89.3 Å². The van der Waals surface area contributed by atoms with E-state index in [1.165, 1.54) is 4.90 Å². The molecule has 57 heavy (non-hydrogen) atoms. The molecule has 16 heteroatoms. The Bertz CT molecular complexity index is 2050. The summed E-state index contributed by atoms with van der Waals surface area (Å²) in [5.74, 6) is -1.27. The number of aromatic nitrogens is 1. The van der Waals surface area contributed by atoms with Crippen LogP contribution in [0.1, 0.15) is 86.0 Å². The van der Waals surface area contributed by atoms with E-state index in [9.17, 15) is 22.8 Å². The third-order valence-corrected chi connectivity index (χ3v) is 13.8. The molecule has 1 aromatic heterocycles. The Kier molecular flexibility index (Phi) is 11.1. The van der Waals surface area contributed by atoms with Crippen LogP contribution in [0.2, 0.25) is 0 Å². The molecule has 7 rings (SSSR count). The molecule has 5 aliphatic rings. The van der Waals surface area contributed by atoms with Crippen molar-refractivity contribution in [2.75, 3.05) is 31.6 Å². The van der Waals surface area contributed by atoms with Crippen molar-refractivity contribution in [1.29, 1.82) is 0 Å². The van der Waals surface area contributed by atoms with Gasteiger partial charge in [-0.25, -0.2) is 18.2 Å². The number of fused-ring (bicyclic) bond motifs is 5. The topological polar surface area (TPSA) is 188 Å². The van der Waals surface area contributed by atoms with Gasteiger partial charge in [0, 0.05) is 41.9 Å². The van der Waals surface area contributed by atoms with Gasteiger partial charge in [0.15, 0.2) is 5.75 Å². The molecule has 3 aliphatic heterocycles. The van der Waals surface area contributed by atoms with E-state index in [1.54, 1.807) is 6.20 Å². The van der Waals surface area contributed by atoms with Crippen molar-refractivity contribution >= 4 is 50.2 Å². The lowest BCUT2D eigenvalue weighted by Gasteiger charge is -2.34. The normalized spacial score (nSPS) is 30.0. The van der Waals surface area contributed by atoms with Crippen molar-refractivity contribution in [2.45, 2.75) is 121 Å². The fourth-order valence-electron chi connectivity index (χ4n) is 8.53. The van der Waals surface area contributed by atoms with E-state index in [0.717, 1.165) is 29.8 Å². The molecule has 4 N–H and O–H groups in total. The number of hydrogen-bond acceptors (Lipinski definition) is 10. The summed E-state index contributed by atoms with van der Waals surface area (Å²) in [6, 6.07) is 3.18. The summed E-state index contributed by atoms with van der Waals surface area (Å²) in [6.07, 6.45) is 8.79. The Labute approximate surface area is 335 Å². The highest BCUT2D eigenvalue weighted by atomic mass is 32.2. The van der Waals surface area contributed by atoms with Crippen molar-refractivity contribution in [3.8, 4) is 11.6 Å². The van der Waals surface area contributed by atoms with Crippen molar-refractivity contribution in [3.63, 3.8) is 0 Å². The number of allylic oxidation sites excluding steroid dienone is 1. The van der Waals surface area contributed by atoms with Crippen LogP contribution in [0.25, 0.3) is 10.8 Å². The monoisotopic (exact) mass is 807 g/mol. The molecule has 7 atom stereocenters. The average molecular weight is 808 g/mol. The second-order valence-corrected chi connectivity index (χ2v) is 19.6. The number of carbonyl (C=O) groups excluding carboxylic acids is 4. The number of rotatable bonds is 7. The van der Waals surface area contributed by atoms with Gasteiger partial charge >= 0.3 is 6.03 Å². The van der Waals surface area contributed by atoms with E-state index >= 15 is 4.79 Å². The first kappa shape index (κ1) is 40.6. The minimum Gasteiger partial charge on any atom is -0.489 e. The van der Waals surface area contributed by atoms with E-state index in [4.69, 9.17) is 9.47 Å². The Morgan fingerprint density at radius 1 is 1.11 bits per heavy atom. The Hall–Kier alpha value is -4.60. The molecule has 0 spiro atoms. The molecule has 15 nitrogen and oxygen atoms in total. The SMILES string of the molecule is CC[C@@H]1C[C@@H](C)CC/C=C\[C@@H]2C[C@@]2(C(=O)NS(=O)(=O)C2CC2)NC(=O)[C@@H]2C[C@@H](Oc3nccc4c5c(ccc34)N(C)CCO5)CN2C(=O)[C@H]1NC(=O)NC(C)(C)C. The predicted molar refractivity (Wildman–Crippen MR) is 215 cm³/mol. The first-order valence-corrected chi connectivity index (χ1v) is 21.9. The summed E-state index contributed by atoms with van der Waals surface area (Å²) >= 11 is 0. The second-order valence-electron chi connectivity index (χ2n) is 17.7. The molecule has 1 saturated heterocycles. The van der Waals surface area contributed by atoms with Crippen LogP contribution in [0.4, 0.5) is 10.5 Å². The van der Waals surface area contributed by atoms with Crippen LogP contribution < -0.4 is 35.0 Å². The number of amides is 5. The van der Waals surface area contributed by atoms with Crippen LogP contribution in [0.3, 0.4) is 0 Å². The van der Waals surface area contributed by atoms with Crippen molar-refractivity contribution in [3.05, 3.63) is 36.5 Å². The summed E-state index contributed by atoms with van der Waals surface area (Å²) in [5, 5.41) is 9.74. The molecule has 4 heterocycles. The summed E-state index contributed by atoms with van der Waals surface area (Å²) in [4.78, 5) is 65.1. The first-order valence-electron chi connectivity index (χ1n) is 20.4. The number of hydrogen-bond donors (Lipinski definition) is 4. The number of pyridine rings is 1. The van der Waals surface area contributed by atoms with Gasteiger partial charge in [-0.15, -0.1) is 0 Å². The lowest BCUT2D eigenvalue weighted by molar-refractivity contribution is -0.142. The number of carbonyl (C=O) groups is 4. The third-order valence-electron chi connectivity index (χ3n) is 12.0. The van der Waals surface area contributed by atoms with Gasteiger partial charge in [0.1, 0.15) is 30.3 Å². The minimum absolute atomic E-state index is 0.00279. The number of anilines is 1.